The van der Waals surface area contributed by atoms with Crippen LogP contribution in [0.15, 0.2) is 48.5 Å². The largest absolute Gasteiger partial charge is 0.494 e. The number of carbonyl (C=O) groups excluding carboxylic acids is 1. The summed E-state index contributed by atoms with van der Waals surface area (Å²) in [4.78, 5) is 16.6. The number of hydrogen-bond donors (Lipinski definition) is 0. The summed E-state index contributed by atoms with van der Waals surface area (Å²) in [6.07, 6.45) is 0. The molecule has 28 heavy (non-hydrogen) atoms. The molecule has 2 aromatic carbocycles. The van der Waals surface area contributed by atoms with Crippen LogP contribution >= 0.6 is 0 Å². The Bertz CT molecular complexity index is 970. The number of nitrogens with zero attached hydrogens (tertiary/aromatic N) is 2. The minimum atomic E-state index is -3.18. The van der Waals surface area contributed by atoms with Gasteiger partial charge in [-0.1, -0.05) is 29.8 Å². The fourth-order valence-electron chi connectivity index (χ4n) is 4.02. The first-order valence-corrected chi connectivity index (χ1v) is 11.3. The van der Waals surface area contributed by atoms with Gasteiger partial charge in [0.25, 0.3) is 0 Å². The number of benzene rings is 2. The second-order valence-electron chi connectivity index (χ2n) is 7.40. The molecule has 0 spiro atoms. The predicted octanol–water partition coefficient (Wildman–Crippen LogP) is 3.00. The fourth-order valence-corrected chi connectivity index (χ4v) is 5.97. The highest BCUT2D eigenvalue weighted by atomic mass is 32.2. The summed E-state index contributed by atoms with van der Waals surface area (Å²) >= 11 is 0. The highest BCUT2D eigenvalue weighted by Gasteiger charge is 2.53. The van der Waals surface area contributed by atoms with Gasteiger partial charge >= 0.3 is 6.03 Å². The normalized spacial score (nSPS) is 23.1. The summed E-state index contributed by atoms with van der Waals surface area (Å²) in [6, 6.07) is 14.4. The van der Waals surface area contributed by atoms with Crippen LogP contribution in [-0.2, 0) is 16.4 Å². The zero-order valence-corrected chi connectivity index (χ0v) is 16.9. The van der Waals surface area contributed by atoms with Crippen molar-refractivity contribution < 1.29 is 17.9 Å². The monoisotopic (exact) mass is 400 g/mol. The lowest BCUT2D eigenvalue weighted by Gasteiger charge is -2.23. The number of urea groups is 1. The zero-order valence-electron chi connectivity index (χ0n) is 16.0. The third-order valence-corrected chi connectivity index (χ3v) is 7.08. The first kappa shape index (κ1) is 18.8. The SMILES string of the molecule is CCOc1ccc(N2C(=O)N(Cc3ccc(C)cc3)[C@@H]3CS(=O)(=O)C[C@@H]32)cc1. The quantitative estimate of drug-likeness (QED) is 0.724. The maximum absolute atomic E-state index is 13.2. The van der Waals surface area contributed by atoms with Crippen LogP contribution in [0.1, 0.15) is 18.1 Å². The minimum Gasteiger partial charge on any atom is -0.494 e. The number of ether oxygens (including phenoxy) is 1. The molecule has 2 amide bonds. The number of amides is 2. The van der Waals surface area contributed by atoms with E-state index in [-0.39, 0.29) is 29.6 Å². The van der Waals surface area contributed by atoms with E-state index in [1.165, 1.54) is 0 Å². The molecule has 2 aliphatic rings. The first-order valence-electron chi connectivity index (χ1n) is 9.46. The van der Waals surface area contributed by atoms with Crippen molar-refractivity contribution in [2.24, 2.45) is 0 Å². The van der Waals surface area contributed by atoms with E-state index in [2.05, 4.69) is 0 Å². The maximum atomic E-state index is 13.2. The Morgan fingerprint density at radius 3 is 2.29 bits per heavy atom. The van der Waals surface area contributed by atoms with Crippen molar-refractivity contribution in [2.75, 3.05) is 23.0 Å². The number of carbonyl (C=O) groups is 1. The van der Waals surface area contributed by atoms with Gasteiger partial charge in [-0.2, -0.15) is 0 Å². The highest BCUT2D eigenvalue weighted by molar-refractivity contribution is 7.91. The van der Waals surface area contributed by atoms with Gasteiger partial charge in [-0.25, -0.2) is 13.2 Å². The van der Waals surface area contributed by atoms with Gasteiger partial charge < -0.3 is 9.64 Å². The molecule has 2 aromatic rings. The Hall–Kier alpha value is -2.54. The van der Waals surface area contributed by atoms with Gasteiger partial charge in [-0.15, -0.1) is 0 Å². The van der Waals surface area contributed by atoms with E-state index in [1.807, 2.05) is 62.4 Å². The Balaban J connectivity index is 1.65. The molecule has 0 aromatic heterocycles. The lowest BCUT2D eigenvalue weighted by atomic mass is 10.1. The van der Waals surface area contributed by atoms with Gasteiger partial charge in [0, 0.05) is 12.2 Å². The summed E-state index contributed by atoms with van der Waals surface area (Å²) in [6.45, 7) is 4.89. The predicted molar refractivity (Wildman–Crippen MR) is 108 cm³/mol. The zero-order chi connectivity index (χ0) is 19.9. The van der Waals surface area contributed by atoms with Crippen molar-refractivity contribution >= 4 is 21.6 Å². The van der Waals surface area contributed by atoms with Crippen LogP contribution in [0.4, 0.5) is 10.5 Å². The molecule has 7 heteroatoms. The highest BCUT2D eigenvalue weighted by Crippen LogP contribution is 2.36. The van der Waals surface area contributed by atoms with Gasteiger partial charge in [0.1, 0.15) is 5.75 Å². The van der Waals surface area contributed by atoms with Crippen molar-refractivity contribution in [3.05, 3.63) is 59.7 Å². The molecule has 0 saturated carbocycles. The Morgan fingerprint density at radius 2 is 1.64 bits per heavy atom. The van der Waals surface area contributed by atoms with Gasteiger partial charge in [-0.05, 0) is 43.7 Å². The van der Waals surface area contributed by atoms with Gasteiger partial charge in [0.15, 0.2) is 9.84 Å². The molecule has 6 nitrogen and oxygen atoms in total. The Kier molecular flexibility index (Phi) is 4.79. The third kappa shape index (κ3) is 3.46. The molecule has 0 N–H and O–H groups in total. The standard InChI is InChI=1S/C21H24N2O4S/c1-3-27-18-10-8-17(9-11-18)23-20-14-28(25,26)13-19(20)22(21(23)24)12-16-6-4-15(2)5-7-16/h4-11,19-20H,3,12-14H2,1-2H3/t19-,20+/m1/s1. The molecule has 2 heterocycles. The molecule has 0 bridgehead atoms. The topological polar surface area (TPSA) is 66.9 Å². The molecule has 2 fully saturated rings. The van der Waals surface area contributed by atoms with Crippen molar-refractivity contribution in [2.45, 2.75) is 32.5 Å². The molecular formula is C21H24N2O4S. The number of anilines is 1. The number of rotatable bonds is 5. The van der Waals surface area contributed by atoms with E-state index in [0.29, 0.717) is 18.8 Å². The second kappa shape index (κ2) is 7.13. The van der Waals surface area contributed by atoms with E-state index < -0.39 is 9.84 Å². The summed E-state index contributed by atoms with van der Waals surface area (Å²) in [5.74, 6) is 0.745. The molecule has 0 radical (unpaired) electrons. The van der Waals surface area contributed by atoms with Crippen LogP contribution < -0.4 is 9.64 Å². The van der Waals surface area contributed by atoms with Crippen LogP contribution in [0.5, 0.6) is 5.75 Å². The van der Waals surface area contributed by atoms with Crippen molar-refractivity contribution in [3.8, 4) is 5.75 Å². The van der Waals surface area contributed by atoms with Crippen LogP contribution in [0.2, 0.25) is 0 Å². The summed E-state index contributed by atoms with van der Waals surface area (Å²) in [5.41, 5.74) is 2.84. The van der Waals surface area contributed by atoms with E-state index in [1.54, 1.807) is 9.80 Å². The van der Waals surface area contributed by atoms with Crippen LogP contribution in [0.25, 0.3) is 0 Å². The number of hydrogen-bond acceptors (Lipinski definition) is 4. The van der Waals surface area contributed by atoms with Crippen molar-refractivity contribution in [1.82, 2.24) is 4.90 Å². The first-order chi connectivity index (χ1) is 13.4. The van der Waals surface area contributed by atoms with E-state index in [9.17, 15) is 13.2 Å². The molecule has 148 valence electrons. The lowest BCUT2D eigenvalue weighted by molar-refractivity contribution is 0.206. The smallest absolute Gasteiger partial charge is 0.325 e. The molecular weight excluding hydrogens is 376 g/mol. The van der Waals surface area contributed by atoms with Gasteiger partial charge in [0.2, 0.25) is 0 Å². The van der Waals surface area contributed by atoms with Gasteiger partial charge in [0.05, 0.1) is 30.2 Å². The number of fused-ring (bicyclic) bond motifs is 1. The van der Waals surface area contributed by atoms with Crippen LogP contribution in [0, 0.1) is 6.92 Å². The minimum absolute atomic E-state index is 0.00101. The number of aryl methyl sites for hydroxylation is 1. The third-order valence-electron chi connectivity index (χ3n) is 5.38. The van der Waals surface area contributed by atoms with Crippen molar-refractivity contribution in [1.29, 1.82) is 0 Å². The molecule has 0 aliphatic carbocycles. The average molecular weight is 401 g/mol. The Labute approximate surface area is 165 Å². The molecule has 4 rings (SSSR count). The molecule has 2 aliphatic heterocycles. The Morgan fingerprint density at radius 1 is 1.00 bits per heavy atom. The lowest BCUT2D eigenvalue weighted by Crippen LogP contribution is -2.37. The number of sulfone groups is 1. The van der Waals surface area contributed by atoms with E-state index >= 15 is 0 Å². The van der Waals surface area contributed by atoms with Gasteiger partial charge in [-0.3, -0.25) is 4.90 Å². The van der Waals surface area contributed by atoms with E-state index in [4.69, 9.17) is 4.74 Å². The maximum Gasteiger partial charge on any atom is 0.325 e. The summed E-state index contributed by atoms with van der Waals surface area (Å²) in [7, 11) is -3.18. The summed E-state index contributed by atoms with van der Waals surface area (Å²) < 4.78 is 30.1. The van der Waals surface area contributed by atoms with Crippen molar-refractivity contribution in [3.63, 3.8) is 0 Å². The second-order valence-corrected chi connectivity index (χ2v) is 9.56. The van der Waals surface area contributed by atoms with E-state index in [0.717, 1.165) is 16.9 Å². The average Bonchev–Trinajstić information content (AvgIpc) is 3.09. The molecule has 2 saturated heterocycles. The molecule has 0 unspecified atom stereocenters. The van der Waals surface area contributed by atoms with Crippen LogP contribution in [0.3, 0.4) is 0 Å². The molecule has 2 atom stereocenters. The van der Waals surface area contributed by atoms with Crippen LogP contribution in [-0.4, -0.2) is 49.5 Å². The summed E-state index contributed by atoms with van der Waals surface area (Å²) in [5, 5.41) is 0. The fraction of sp³-hybridized carbons (Fsp3) is 0.381.